The third-order valence-electron chi connectivity index (χ3n) is 4.52. The van der Waals surface area contributed by atoms with Gasteiger partial charge in [-0.3, -0.25) is 4.79 Å². The Kier molecular flexibility index (Phi) is 4.60. The minimum atomic E-state index is -0.162. The SMILES string of the molecule is Cc1cc(C(=O)N2CCC(Cc3ccc(C)c(F)c3)C2)nc(C)n1. The topological polar surface area (TPSA) is 46.1 Å². The number of aryl methyl sites for hydroxylation is 3. The standard InChI is InChI=1S/C19H22FN3O/c1-12-4-5-15(10-17(12)20)9-16-6-7-23(11-16)19(24)18-8-13(2)21-14(3)22-18/h4-5,8,10,16H,6-7,9,11H2,1-3H3. The first-order valence-corrected chi connectivity index (χ1v) is 8.29. The van der Waals surface area contributed by atoms with Crippen molar-refractivity contribution >= 4 is 5.91 Å². The fraction of sp³-hybridized carbons (Fsp3) is 0.421. The van der Waals surface area contributed by atoms with Crippen LogP contribution in [0.25, 0.3) is 0 Å². The fourth-order valence-electron chi connectivity index (χ4n) is 3.27. The number of rotatable bonds is 3. The molecular weight excluding hydrogens is 305 g/mol. The van der Waals surface area contributed by atoms with Crippen molar-refractivity contribution in [3.05, 3.63) is 58.4 Å². The minimum absolute atomic E-state index is 0.0406. The molecule has 24 heavy (non-hydrogen) atoms. The second-order valence-electron chi connectivity index (χ2n) is 6.64. The Morgan fingerprint density at radius 3 is 2.75 bits per heavy atom. The monoisotopic (exact) mass is 327 g/mol. The lowest BCUT2D eigenvalue weighted by molar-refractivity contribution is 0.0780. The zero-order valence-corrected chi connectivity index (χ0v) is 14.3. The van der Waals surface area contributed by atoms with Crippen LogP contribution in [0.2, 0.25) is 0 Å². The first-order valence-electron chi connectivity index (χ1n) is 8.29. The van der Waals surface area contributed by atoms with Crippen molar-refractivity contribution in [1.82, 2.24) is 14.9 Å². The van der Waals surface area contributed by atoms with E-state index in [-0.39, 0.29) is 11.7 Å². The van der Waals surface area contributed by atoms with E-state index < -0.39 is 0 Å². The summed E-state index contributed by atoms with van der Waals surface area (Å²) >= 11 is 0. The molecule has 0 aliphatic carbocycles. The highest BCUT2D eigenvalue weighted by Crippen LogP contribution is 2.23. The Hall–Kier alpha value is -2.30. The van der Waals surface area contributed by atoms with Gasteiger partial charge in [-0.2, -0.15) is 0 Å². The number of carbonyl (C=O) groups is 1. The molecule has 1 aromatic carbocycles. The van der Waals surface area contributed by atoms with Gasteiger partial charge in [-0.1, -0.05) is 12.1 Å². The van der Waals surface area contributed by atoms with E-state index in [9.17, 15) is 9.18 Å². The summed E-state index contributed by atoms with van der Waals surface area (Å²) in [6.45, 7) is 6.84. The fourth-order valence-corrected chi connectivity index (χ4v) is 3.27. The summed E-state index contributed by atoms with van der Waals surface area (Å²) in [6, 6.07) is 7.13. The zero-order chi connectivity index (χ0) is 17.3. The van der Waals surface area contributed by atoms with Crippen LogP contribution >= 0.6 is 0 Å². The molecule has 2 heterocycles. The highest BCUT2D eigenvalue weighted by atomic mass is 19.1. The summed E-state index contributed by atoms with van der Waals surface area (Å²) in [5.41, 5.74) is 2.92. The van der Waals surface area contributed by atoms with E-state index in [4.69, 9.17) is 0 Å². The molecular formula is C19H22FN3O. The largest absolute Gasteiger partial charge is 0.337 e. The van der Waals surface area contributed by atoms with Crippen LogP contribution in [0.15, 0.2) is 24.3 Å². The number of amides is 1. The highest BCUT2D eigenvalue weighted by Gasteiger charge is 2.28. The predicted molar refractivity (Wildman–Crippen MR) is 90.4 cm³/mol. The molecule has 1 unspecified atom stereocenters. The second kappa shape index (κ2) is 6.67. The Morgan fingerprint density at radius 1 is 1.25 bits per heavy atom. The molecule has 1 aliphatic heterocycles. The molecule has 0 saturated carbocycles. The number of halogens is 1. The number of nitrogens with zero attached hydrogens (tertiary/aromatic N) is 3. The van der Waals surface area contributed by atoms with Crippen molar-refractivity contribution in [2.75, 3.05) is 13.1 Å². The molecule has 0 radical (unpaired) electrons. The zero-order valence-electron chi connectivity index (χ0n) is 14.3. The highest BCUT2D eigenvalue weighted by molar-refractivity contribution is 5.92. The second-order valence-corrected chi connectivity index (χ2v) is 6.64. The van der Waals surface area contributed by atoms with E-state index >= 15 is 0 Å². The van der Waals surface area contributed by atoms with Gasteiger partial charge in [-0.05, 0) is 62.8 Å². The molecule has 126 valence electrons. The van der Waals surface area contributed by atoms with Gasteiger partial charge >= 0.3 is 0 Å². The van der Waals surface area contributed by atoms with Crippen LogP contribution in [-0.4, -0.2) is 33.9 Å². The average Bonchev–Trinajstić information content (AvgIpc) is 2.98. The van der Waals surface area contributed by atoms with Gasteiger partial charge in [0, 0.05) is 18.8 Å². The number of likely N-dealkylation sites (tertiary alicyclic amines) is 1. The Balaban J connectivity index is 1.66. The molecule has 5 heteroatoms. The maximum Gasteiger partial charge on any atom is 0.272 e. The summed E-state index contributed by atoms with van der Waals surface area (Å²) in [4.78, 5) is 22.9. The van der Waals surface area contributed by atoms with Crippen molar-refractivity contribution in [3.8, 4) is 0 Å². The molecule has 0 N–H and O–H groups in total. The number of carbonyl (C=O) groups excluding carboxylic acids is 1. The lowest BCUT2D eigenvalue weighted by Gasteiger charge is -2.16. The van der Waals surface area contributed by atoms with Crippen LogP contribution in [0.4, 0.5) is 4.39 Å². The van der Waals surface area contributed by atoms with Crippen LogP contribution in [0, 0.1) is 32.5 Å². The minimum Gasteiger partial charge on any atom is -0.337 e. The van der Waals surface area contributed by atoms with E-state index in [1.54, 1.807) is 26.0 Å². The first kappa shape index (κ1) is 16.6. The van der Waals surface area contributed by atoms with Crippen molar-refractivity contribution in [3.63, 3.8) is 0 Å². The van der Waals surface area contributed by atoms with Gasteiger partial charge in [0.15, 0.2) is 0 Å². The molecule has 0 spiro atoms. The molecule has 1 aromatic heterocycles. The maximum atomic E-state index is 13.7. The normalized spacial score (nSPS) is 17.3. The summed E-state index contributed by atoms with van der Waals surface area (Å²) in [7, 11) is 0. The number of aromatic nitrogens is 2. The van der Waals surface area contributed by atoms with Crippen LogP contribution in [-0.2, 0) is 6.42 Å². The van der Waals surface area contributed by atoms with E-state index in [0.717, 1.165) is 30.6 Å². The van der Waals surface area contributed by atoms with Gasteiger partial charge in [0.2, 0.25) is 0 Å². The lowest BCUT2D eigenvalue weighted by Crippen LogP contribution is -2.30. The lowest BCUT2D eigenvalue weighted by atomic mass is 9.98. The van der Waals surface area contributed by atoms with Gasteiger partial charge in [0.1, 0.15) is 17.3 Å². The maximum absolute atomic E-state index is 13.7. The van der Waals surface area contributed by atoms with Gasteiger partial charge in [-0.25, -0.2) is 14.4 Å². The number of hydrogen-bond donors (Lipinski definition) is 0. The average molecular weight is 327 g/mol. The van der Waals surface area contributed by atoms with Crippen LogP contribution < -0.4 is 0 Å². The van der Waals surface area contributed by atoms with E-state index in [2.05, 4.69) is 9.97 Å². The third kappa shape index (κ3) is 3.61. The predicted octanol–water partition coefficient (Wildman–Crippen LogP) is 3.25. The summed E-state index contributed by atoms with van der Waals surface area (Å²) in [6.07, 6.45) is 1.73. The molecule has 1 amide bonds. The molecule has 4 nitrogen and oxygen atoms in total. The molecule has 1 fully saturated rings. The van der Waals surface area contributed by atoms with Crippen LogP contribution in [0.5, 0.6) is 0 Å². The van der Waals surface area contributed by atoms with E-state index in [1.165, 1.54) is 0 Å². The Labute approximate surface area is 141 Å². The summed E-state index contributed by atoms with van der Waals surface area (Å²) in [5.74, 6) is 0.774. The summed E-state index contributed by atoms with van der Waals surface area (Å²) < 4.78 is 13.7. The molecule has 1 aliphatic rings. The van der Waals surface area contributed by atoms with Gasteiger partial charge in [0.25, 0.3) is 5.91 Å². The third-order valence-corrected chi connectivity index (χ3v) is 4.52. The molecule has 1 saturated heterocycles. The van der Waals surface area contributed by atoms with E-state index in [1.807, 2.05) is 24.0 Å². The quantitative estimate of drug-likeness (QED) is 0.869. The van der Waals surface area contributed by atoms with Gasteiger partial charge in [-0.15, -0.1) is 0 Å². The van der Waals surface area contributed by atoms with Crippen LogP contribution in [0.3, 0.4) is 0 Å². The van der Waals surface area contributed by atoms with Crippen LogP contribution in [0.1, 0.15) is 39.6 Å². The number of hydrogen-bond acceptors (Lipinski definition) is 3. The van der Waals surface area contributed by atoms with Crippen molar-refractivity contribution in [2.45, 2.75) is 33.6 Å². The molecule has 2 aromatic rings. The smallest absolute Gasteiger partial charge is 0.272 e. The van der Waals surface area contributed by atoms with Crippen molar-refractivity contribution in [1.29, 1.82) is 0 Å². The molecule has 3 rings (SSSR count). The van der Waals surface area contributed by atoms with Gasteiger partial charge in [0.05, 0.1) is 0 Å². The first-order chi connectivity index (χ1) is 11.4. The Morgan fingerprint density at radius 2 is 2.04 bits per heavy atom. The summed E-state index contributed by atoms with van der Waals surface area (Å²) in [5, 5.41) is 0. The molecule has 1 atom stereocenters. The number of benzene rings is 1. The molecule has 0 bridgehead atoms. The Bertz CT molecular complexity index is 755. The van der Waals surface area contributed by atoms with Crippen molar-refractivity contribution in [2.24, 2.45) is 5.92 Å². The van der Waals surface area contributed by atoms with Crippen molar-refractivity contribution < 1.29 is 9.18 Å². The van der Waals surface area contributed by atoms with Gasteiger partial charge < -0.3 is 4.90 Å². The van der Waals surface area contributed by atoms with E-state index in [0.29, 0.717) is 29.5 Å².